The summed E-state index contributed by atoms with van der Waals surface area (Å²) in [6.07, 6.45) is 1.02. The van der Waals surface area contributed by atoms with Crippen LogP contribution in [0, 0.1) is 12.8 Å². The van der Waals surface area contributed by atoms with Crippen molar-refractivity contribution in [3.63, 3.8) is 0 Å². The number of fused-ring (bicyclic) bond motifs is 12. The highest BCUT2D eigenvalue weighted by atomic mass is 19.3. The number of anilines is 1. The molecule has 0 spiro atoms. The summed E-state index contributed by atoms with van der Waals surface area (Å²) in [5, 5.41) is 11.0. The molecule has 2 saturated heterocycles. The molecule has 11 nitrogen and oxygen atoms in total. The Morgan fingerprint density at radius 2 is 1.86 bits per heavy atom. The number of aromatic nitrogens is 4. The maximum Gasteiger partial charge on any atom is 0.326 e. The standard InChI is InChI=1S/C36H38F2N6O5/c1-20-9-8-11-25-29(20)40-35-44(25)24-14-16-42(18-21(24)2)28(45)13-4-3-7-15-36(37,38)34-39-30-23-10-5-6-12-27(23)49-31(30)32(41-34)43-19-22(48-35)17-26(43)33(46)47/h5-6,8-12,21-22,24,26H,3-4,7,13-19H2,1-2H3,(H,46,47)/t21-,22-,24-,26-/m0/s1. The maximum absolute atomic E-state index is 15.9. The van der Waals surface area contributed by atoms with Crippen LogP contribution in [-0.4, -0.2) is 73.2 Å². The molecular weight excluding hydrogens is 634 g/mol. The molecular formula is C36H38F2N6O5. The first-order chi connectivity index (χ1) is 23.6. The lowest BCUT2D eigenvalue weighted by molar-refractivity contribution is -0.138. The first-order valence-corrected chi connectivity index (χ1v) is 17.1. The Morgan fingerprint density at radius 3 is 2.67 bits per heavy atom. The van der Waals surface area contributed by atoms with Crippen molar-refractivity contribution < 1.29 is 32.6 Å². The van der Waals surface area contributed by atoms with Gasteiger partial charge in [0, 0.05) is 43.8 Å². The number of alkyl halides is 2. The Balaban J connectivity index is 1.26. The zero-order valence-electron chi connectivity index (χ0n) is 27.4. The van der Waals surface area contributed by atoms with Crippen molar-refractivity contribution in [1.29, 1.82) is 0 Å². The lowest BCUT2D eigenvalue weighted by atomic mass is 9.93. The van der Waals surface area contributed by atoms with Crippen LogP contribution in [0.15, 0.2) is 46.9 Å². The molecule has 256 valence electrons. The number of nitrogens with zero attached hydrogens (tertiary/aromatic N) is 6. The molecule has 0 radical (unpaired) electrons. The summed E-state index contributed by atoms with van der Waals surface area (Å²) >= 11 is 0. The molecule has 1 N–H and O–H groups in total. The number of para-hydroxylation sites is 2. The van der Waals surface area contributed by atoms with Crippen molar-refractivity contribution in [3.8, 4) is 6.01 Å². The van der Waals surface area contributed by atoms with Gasteiger partial charge in [-0.3, -0.25) is 9.36 Å². The van der Waals surface area contributed by atoms with E-state index in [1.807, 2.05) is 30.0 Å². The predicted octanol–water partition coefficient (Wildman–Crippen LogP) is 6.61. The van der Waals surface area contributed by atoms with Gasteiger partial charge in [0.15, 0.2) is 11.4 Å². The van der Waals surface area contributed by atoms with Gasteiger partial charge in [-0.1, -0.05) is 37.6 Å². The van der Waals surface area contributed by atoms with Gasteiger partial charge >= 0.3 is 11.9 Å². The fraction of sp³-hybridized carbons (Fsp3) is 0.472. The third-order valence-electron chi connectivity index (χ3n) is 10.4. The minimum absolute atomic E-state index is 0.000262. The van der Waals surface area contributed by atoms with Crippen LogP contribution in [0.4, 0.5) is 14.6 Å². The molecule has 4 aliphatic rings. The molecule has 6 bridgehead atoms. The van der Waals surface area contributed by atoms with Crippen LogP contribution in [0.1, 0.15) is 69.3 Å². The van der Waals surface area contributed by atoms with Crippen molar-refractivity contribution in [1.82, 2.24) is 24.4 Å². The number of hydrogen-bond donors (Lipinski definition) is 1. The minimum atomic E-state index is -3.40. The number of benzene rings is 2. The SMILES string of the molecule is Cc1cccc2c1nc1n2[C@H]2CCN(C[C@@H]2C)C(=O)CCCCCC(F)(F)c2nc(c3oc4ccccc4c3n2)N2C[C@H](C[C@H]2C(=O)O)O1. The summed E-state index contributed by atoms with van der Waals surface area (Å²) in [5.74, 6) is -5.11. The Morgan fingerprint density at radius 1 is 1.02 bits per heavy atom. The lowest BCUT2D eigenvalue weighted by Crippen LogP contribution is -2.43. The Labute approximate surface area is 280 Å². The summed E-state index contributed by atoms with van der Waals surface area (Å²) in [6, 6.07) is 12.2. The topological polar surface area (TPSA) is 127 Å². The van der Waals surface area contributed by atoms with Crippen molar-refractivity contribution >= 4 is 50.8 Å². The molecule has 4 atom stereocenters. The van der Waals surface area contributed by atoms with E-state index in [1.54, 1.807) is 24.3 Å². The van der Waals surface area contributed by atoms with Gasteiger partial charge in [0.05, 0.1) is 17.6 Å². The van der Waals surface area contributed by atoms with Crippen molar-refractivity contribution in [3.05, 3.63) is 53.9 Å². The van der Waals surface area contributed by atoms with Gasteiger partial charge in [0.2, 0.25) is 11.7 Å². The predicted molar refractivity (Wildman–Crippen MR) is 178 cm³/mol. The quantitative estimate of drug-likeness (QED) is 0.209. The number of aliphatic carboxylic acids is 1. The molecule has 49 heavy (non-hydrogen) atoms. The number of carbonyl (C=O) groups is 2. The van der Waals surface area contributed by atoms with Crippen LogP contribution in [0.3, 0.4) is 0 Å². The number of amides is 1. The van der Waals surface area contributed by atoms with E-state index in [-0.39, 0.29) is 54.2 Å². The molecule has 13 heteroatoms. The number of imidazole rings is 1. The Hall–Kier alpha value is -4.81. The maximum atomic E-state index is 15.9. The number of halogens is 2. The second-order valence-corrected chi connectivity index (χ2v) is 13.8. The number of carboxylic acid groups (broad SMARTS) is 1. The molecule has 4 aliphatic heterocycles. The van der Waals surface area contributed by atoms with Gasteiger partial charge in [-0.25, -0.2) is 14.8 Å². The van der Waals surface area contributed by atoms with Crippen LogP contribution in [0.2, 0.25) is 0 Å². The van der Waals surface area contributed by atoms with Gasteiger partial charge in [0.25, 0.3) is 6.01 Å². The zero-order valence-corrected chi connectivity index (χ0v) is 27.4. The number of carboxylic acids is 1. The number of furan rings is 1. The smallest absolute Gasteiger partial charge is 0.326 e. The van der Waals surface area contributed by atoms with E-state index in [9.17, 15) is 14.7 Å². The zero-order chi connectivity index (χ0) is 34.0. The summed E-state index contributed by atoms with van der Waals surface area (Å²) in [5.41, 5.74) is 3.46. The average Bonchev–Trinajstić information content (AvgIpc) is 3.78. The number of rotatable bonds is 1. The molecule has 0 saturated carbocycles. The minimum Gasteiger partial charge on any atom is -0.480 e. The molecule has 5 aromatic rings. The van der Waals surface area contributed by atoms with Crippen LogP contribution >= 0.6 is 0 Å². The normalized spacial score (nSPS) is 24.8. The van der Waals surface area contributed by atoms with E-state index in [4.69, 9.17) is 14.1 Å². The number of aryl methyl sites for hydroxylation is 1. The van der Waals surface area contributed by atoms with Gasteiger partial charge in [-0.2, -0.15) is 13.8 Å². The summed E-state index contributed by atoms with van der Waals surface area (Å²) in [7, 11) is 0. The van der Waals surface area contributed by atoms with Crippen LogP contribution in [-0.2, 0) is 15.5 Å². The van der Waals surface area contributed by atoms with Crippen LogP contribution < -0.4 is 9.64 Å². The van der Waals surface area contributed by atoms with E-state index in [2.05, 4.69) is 21.5 Å². The van der Waals surface area contributed by atoms with Gasteiger partial charge in [-0.15, -0.1) is 0 Å². The third-order valence-corrected chi connectivity index (χ3v) is 10.4. The molecule has 0 aliphatic carbocycles. The number of hydrogen-bond acceptors (Lipinski definition) is 8. The van der Waals surface area contributed by atoms with Crippen LogP contribution in [0.25, 0.3) is 33.1 Å². The third kappa shape index (κ3) is 5.43. The Kier molecular flexibility index (Phi) is 7.68. The van der Waals surface area contributed by atoms with E-state index >= 15 is 8.78 Å². The van der Waals surface area contributed by atoms with E-state index in [0.717, 1.165) is 16.6 Å². The van der Waals surface area contributed by atoms with E-state index in [0.29, 0.717) is 55.8 Å². The fourth-order valence-corrected chi connectivity index (χ4v) is 7.89. The monoisotopic (exact) mass is 672 g/mol. The lowest BCUT2D eigenvalue weighted by Gasteiger charge is -2.38. The molecule has 2 fully saturated rings. The van der Waals surface area contributed by atoms with E-state index in [1.165, 1.54) is 4.90 Å². The summed E-state index contributed by atoms with van der Waals surface area (Å²) in [4.78, 5) is 43.0. The fourth-order valence-electron chi connectivity index (χ4n) is 7.89. The highest BCUT2D eigenvalue weighted by Crippen LogP contribution is 2.42. The summed E-state index contributed by atoms with van der Waals surface area (Å²) < 4.78 is 46.7. The van der Waals surface area contributed by atoms with Gasteiger partial charge in [-0.05, 0) is 55.9 Å². The van der Waals surface area contributed by atoms with Crippen molar-refractivity contribution in [2.75, 3.05) is 24.5 Å². The van der Waals surface area contributed by atoms with Crippen molar-refractivity contribution in [2.24, 2.45) is 5.92 Å². The van der Waals surface area contributed by atoms with Crippen LogP contribution in [0.5, 0.6) is 6.01 Å². The van der Waals surface area contributed by atoms with Gasteiger partial charge < -0.3 is 24.1 Å². The highest BCUT2D eigenvalue weighted by molar-refractivity contribution is 6.06. The highest BCUT2D eigenvalue weighted by Gasteiger charge is 2.44. The largest absolute Gasteiger partial charge is 0.480 e. The molecule has 1 amide bonds. The molecule has 9 rings (SSSR count). The molecule has 7 heterocycles. The second kappa shape index (κ2) is 12.0. The van der Waals surface area contributed by atoms with E-state index < -0.39 is 36.3 Å². The molecule has 0 unspecified atom stereocenters. The van der Waals surface area contributed by atoms with Gasteiger partial charge in [0.1, 0.15) is 23.2 Å². The summed E-state index contributed by atoms with van der Waals surface area (Å²) in [6.45, 7) is 5.28. The van der Waals surface area contributed by atoms with Crippen molar-refractivity contribution in [2.45, 2.75) is 82.9 Å². The first-order valence-electron chi connectivity index (χ1n) is 17.1. The second-order valence-electron chi connectivity index (χ2n) is 13.8. The first kappa shape index (κ1) is 31.5. The number of ether oxygens (including phenoxy) is 1. The molecule has 2 aromatic carbocycles. The number of carbonyl (C=O) groups excluding carboxylic acids is 1. The Bertz CT molecular complexity index is 2090. The average molecular weight is 673 g/mol. The number of piperidine rings is 1. The molecule has 3 aromatic heterocycles.